The first kappa shape index (κ1) is 10.4. The van der Waals surface area contributed by atoms with Crippen LogP contribution in [0.1, 0.15) is 10.5 Å². The largest absolute Gasteiger partial charge is 0.405 e. The van der Waals surface area contributed by atoms with E-state index in [4.69, 9.17) is 26.5 Å². The van der Waals surface area contributed by atoms with Gasteiger partial charge in [0, 0.05) is 12.4 Å². The predicted octanol–water partition coefficient (Wildman–Crippen LogP) is 0.919. The van der Waals surface area contributed by atoms with Gasteiger partial charge in [-0.1, -0.05) is 11.6 Å². The van der Waals surface area contributed by atoms with Crippen molar-refractivity contribution in [1.82, 2.24) is 15.0 Å². The topological polar surface area (TPSA) is 104 Å². The fraction of sp³-hybridized carbons (Fsp3) is 0. The van der Waals surface area contributed by atoms with Crippen molar-refractivity contribution in [3.05, 3.63) is 29.4 Å². The second kappa shape index (κ2) is 4.15. The summed E-state index contributed by atoms with van der Waals surface area (Å²) in [5.41, 5.74) is 5.30. The molecular formula is C8H5ClN4O3. The number of rotatable bonds is 2. The highest BCUT2D eigenvalue weighted by atomic mass is 35.5. The van der Waals surface area contributed by atoms with E-state index in [1.807, 2.05) is 0 Å². The molecule has 0 fully saturated rings. The van der Waals surface area contributed by atoms with Gasteiger partial charge in [-0.15, -0.1) is 0 Å². The molecule has 2 heterocycles. The summed E-state index contributed by atoms with van der Waals surface area (Å²) >= 11 is 5.51. The van der Waals surface area contributed by atoms with Gasteiger partial charge in [-0.25, -0.2) is 9.78 Å². The highest BCUT2D eigenvalue weighted by molar-refractivity contribution is 6.31. The van der Waals surface area contributed by atoms with Crippen LogP contribution >= 0.6 is 11.6 Å². The molecule has 0 spiro atoms. The molecule has 0 atom stereocenters. The fourth-order valence-electron chi connectivity index (χ4n) is 0.874. The maximum Gasteiger partial charge on any atom is 0.405 e. The standard InChI is InChI=1S/C8H5ClN4O3/c9-5-6(10)15-8(13-5)16-7(14)4-3-11-1-2-12-4/h1-3H,10H2. The molecule has 0 unspecified atom stereocenters. The Labute approximate surface area is 94.2 Å². The van der Waals surface area contributed by atoms with Gasteiger partial charge in [-0.05, 0) is 0 Å². The lowest BCUT2D eigenvalue weighted by Crippen LogP contribution is -2.10. The normalized spacial score (nSPS) is 10.1. The van der Waals surface area contributed by atoms with Gasteiger partial charge in [0.15, 0.2) is 10.8 Å². The predicted molar refractivity (Wildman–Crippen MR) is 52.9 cm³/mol. The number of carbonyl (C=O) groups excluding carboxylic acids is 1. The quantitative estimate of drug-likeness (QED) is 0.778. The van der Waals surface area contributed by atoms with Crippen LogP contribution in [0, 0.1) is 0 Å². The van der Waals surface area contributed by atoms with Gasteiger partial charge in [0.05, 0.1) is 6.20 Å². The summed E-state index contributed by atoms with van der Waals surface area (Å²) in [5, 5.41) is -0.0676. The Hall–Kier alpha value is -2.15. The Kier molecular flexibility index (Phi) is 2.69. The zero-order valence-corrected chi connectivity index (χ0v) is 8.51. The van der Waals surface area contributed by atoms with Crippen molar-refractivity contribution in [2.24, 2.45) is 0 Å². The van der Waals surface area contributed by atoms with E-state index >= 15 is 0 Å². The van der Waals surface area contributed by atoms with Crippen LogP contribution in [0.15, 0.2) is 23.0 Å². The number of hydrogen-bond donors (Lipinski definition) is 1. The Morgan fingerprint density at radius 1 is 1.50 bits per heavy atom. The smallest absolute Gasteiger partial charge is 0.391 e. The summed E-state index contributed by atoms with van der Waals surface area (Å²) in [6, 6.07) is 0. The number of aromatic nitrogens is 3. The molecule has 0 amide bonds. The maximum atomic E-state index is 11.4. The number of oxazole rings is 1. The van der Waals surface area contributed by atoms with Crippen molar-refractivity contribution < 1.29 is 13.9 Å². The minimum absolute atomic E-state index is 0.0235. The fourth-order valence-corrected chi connectivity index (χ4v) is 0.982. The van der Waals surface area contributed by atoms with Crippen molar-refractivity contribution in [3.63, 3.8) is 0 Å². The lowest BCUT2D eigenvalue weighted by atomic mass is 10.5. The first-order valence-corrected chi connectivity index (χ1v) is 4.44. The molecule has 0 aliphatic carbocycles. The van der Waals surface area contributed by atoms with Gasteiger partial charge in [-0.3, -0.25) is 4.98 Å². The van der Waals surface area contributed by atoms with Crippen molar-refractivity contribution in [2.45, 2.75) is 0 Å². The lowest BCUT2D eigenvalue weighted by Gasteiger charge is -1.96. The number of nitrogen functional groups attached to an aromatic ring is 1. The van der Waals surface area contributed by atoms with Gasteiger partial charge in [0.2, 0.25) is 5.88 Å². The molecule has 82 valence electrons. The average molecular weight is 241 g/mol. The molecule has 16 heavy (non-hydrogen) atoms. The number of anilines is 1. The monoisotopic (exact) mass is 240 g/mol. The zero-order chi connectivity index (χ0) is 11.5. The van der Waals surface area contributed by atoms with E-state index in [0.717, 1.165) is 0 Å². The first-order chi connectivity index (χ1) is 7.66. The molecule has 2 aromatic heterocycles. The van der Waals surface area contributed by atoms with E-state index in [1.165, 1.54) is 18.6 Å². The van der Waals surface area contributed by atoms with Gasteiger partial charge < -0.3 is 14.9 Å². The van der Waals surface area contributed by atoms with Crippen molar-refractivity contribution >= 4 is 23.5 Å². The minimum Gasteiger partial charge on any atom is -0.391 e. The number of ether oxygens (including phenoxy) is 1. The zero-order valence-electron chi connectivity index (χ0n) is 7.75. The van der Waals surface area contributed by atoms with Crippen LogP contribution in [0.5, 0.6) is 6.08 Å². The number of nitrogens with two attached hydrogens (primary N) is 1. The van der Waals surface area contributed by atoms with Crippen LogP contribution in [0.4, 0.5) is 5.88 Å². The number of esters is 1. The van der Waals surface area contributed by atoms with Gasteiger partial charge in [-0.2, -0.15) is 4.98 Å². The molecule has 0 saturated heterocycles. The summed E-state index contributed by atoms with van der Waals surface area (Å²) in [6.45, 7) is 0. The molecule has 0 bridgehead atoms. The number of hydrogen-bond acceptors (Lipinski definition) is 7. The van der Waals surface area contributed by atoms with E-state index in [-0.39, 0.29) is 22.8 Å². The first-order valence-electron chi connectivity index (χ1n) is 4.07. The average Bonchev–Trinajstić information content (AvgIpc) is 2.59. The van der Waals surface area contributed by atoms with E-state index < -0.39 is 5.97 Å². The molecule has 0 radical (unpaired) electrons. The molecule has 2 rings (SSSR count). The SMILES string of the molecule is Nc1oc(OC(=O)c2cnccn2)nc1Cl. The Morgan fingerprint density at radius 2 is 2.31 bits per heavy atom. The summed E-state index contributed by atoms with van der Waals surface area (Å²) in [4.78, 5) is 22.4. The molecule has 2 N–H and O–H groups in total. The van der Waals surface area contributed by atoms with Crippen LogP contribution in [-0.4, -0.2) is 20.9 Å². The van der Waals surface area contributed by atoms with E-state index in [2.05, 4.69) is 15.0 Å². The highest BCUT2D eigenvalue weighted by Crippen LogP contribution is 2.23. The van der Waals surface area contributed by atoms with Crippen molar-refractivity contribution in [3.8, 4) is 6.08 Å². The number of nitrogens with zero attached hydrogens (tertiary/aromatic N) is 3. The Balaban J connectivity index is 2.14. The molecule has 2 aromatic rings. The van der Waals surface area contributed by atoms with Crippen LogP contribution < -0.4 is 10.5 Å². The van der Waals surface area contributed by atoms with E-state index in [1.54, 1.807) is 0 Å². The van der Waals surface area contributed by atoms with Gasteiger partial charge in [0.25, 0.3) is 0 Å². The van der Waals surface area contributed by atoms with Crippen LogP contribution in [-0.2, 0) is 0 Å². The second-order valence-corrected chi connectivity index (χ2v) is 2.97. The van der Waals surface area contributed by atoms with Crippen LogP contribution in [0.2, 0.25) is 5.15 Å². The summed E-state index contributed by atoms with van der Waals surface area (Å²) in [7, 11) is 0. The van der Waals surface area contributed by atoms with Crippen molar-refractivity contribution in [2.75, 3.05) is 5.73 Å². The third-order valence-corrected chi connectivity index (χ3v) is 1.81. The summed E-state index contributed by atoms with van der Waals surface area (Å²) < 4.78 is 9.47. The Bertz CT molecular complexity index is 494. The summed E-state index contributed by atoms with van der Waals surface area (Å²) in [5.74, 6) is -0.880. The van der Waals surface area contributed by atoms with Crippen LogP contribution in [0.25, 0.3) is 0 Å². The third-order valence-electron chi connectivity index (χ3n) is 1.54. The number of halogens is 1. The maximum absolute atomic E-state index is 11.4. The molecule has 8 heteroatoms. The molecule has 0 saturated carbocycles. The second-order valence-electron chi connectivity index (χ2n) is 2.62. The Morgan fingerprint density at radius 3 is 2.88 bits per heavy atom. The van der Waals surface area contributed by atoms with Gasteiger partial charge >= 0.3 is 12.0 Å². The molecule has 0 aromatic carbocycles. The van der Waals surface area contributed by atoms with E-state index in [0.29, 0.717) is 0 Å². The minimum atomic E-state index is -0.758. The third kappa shape index (κ3) is 2.09. The number of carbonyl (C=O) groups is 1. The van der Waals surface area contributed by atoms with Crippen molar-refractivity contribution in [1.29, 1.82) is 0 Å². The van der Waals surface area contributed by atoms with Gasteiger partial charge in [0.1, 0.15) is 0 Å². The highest BCUT2D eigenvalue weighted by Gasteiger charge is 2.16. The molecule has 0 aliphatic heterocycles. The lowest BCUT2D eigenvalue weighted by molar-refractivity contribution is 0.0678. The van der Waals surface area contributed by atoms with Crippen LogP contribution in [0.3, 0.4) is 0 Å². The summed E-state index contributed by atoms with van der Waals surface area (Å²) in [6.07, 6.45) is 3.69. The molecule has 0 aliphatic rings. The molecule has 7 nitrogen and oxygen atoms in total. The molecular weight excluding hydrogens is 236 g/mol. The van der Waals surface area contributed by atoms with E-state index in [9.17, 15) is 4.79 Å².